The fraction of sp³-hybridized carbons (Fsp3) is 0.167. The fourth-order valence-corrected chi connectivity index (χ4v) is 2.60. The second-order valence-electron chi connectivity index (χ2n) is 5.38. The van der Waals surface area contributed by atoms with Gasteiger partial charge in [-0.2, -0.15) is 0 Å². The topological polar surface area (TPSA) is 111 Å². The van der Waals surface area contributed by atoms with Crippen LogP contribution < -0.4 is 16.4 Å². The van der Waals surface area contributed by atoms with Gasteiger partial charge in [0.05, 0.1) is 23.6 Å². The highest BCUT2D eigenvalue weighted by Gasteiger charge is 2.22. The van der Waals surface area contributed by atoms with Crippen LogP contribution in [0.15, 0.2) is 48.5 Å². The molecule has 0 fully saturated rings. The number of hydrogen-bond acceptors (Lipinski definition) is 4. The predicted molar refractivity (Wildman–Crippen MR) is 98.2 cm³/mol. The van der Waals surface area contributed by atoms with Crippen LogP contribution in [0.1, 0.15) is 21.8 Å². The molecule has 4 N–H and O–H groups in total. The maximum atomic E-state index is 12.1. The van der Waals surface area contributed by atoms with E-state index in [9.17, 15) is 14.4 Å². The number of nitrogens with one attached hydrogen (secondary N) is 2. The molecule has 8 heteroatoms. The van der Waals surface area contributed by atoms with Gasteiger partial charge in [0, 0.05) is 12.2 Å². The van der Waals surface area contributed by atoms with Crippen molar-refractivity contribution in [3.63, 3.8) is 0 Å². The third-order valence-corrected chi connectivity index (χ3v) is 3.96. The minimum absolute atomic E-state index is 0.0512. The van der Waals surface area contributed by atoms with Gasteiger partial charge in [0.2, 0.25) is 5.91 Å². The van der Waals surface area contributed by atoms with Crippen LogP contribution >= 0.6 is 11.6 Å². The third kappa shape index (κ3) is 4.97. The first kappa shape index (κ1) is 19.3. The van der Waals surface area contributed by atoms with E-state index in [2.05, 4.69) is 10.6 Å². The van der Waals surface area contributed by atoms with Crippen LogP contribution in [0, 0.1) is 0 Å². The number of carbonyl (C=O) groups is 3. The Morgan fingerprint density at radius 1 is 1.15 bits per heavy atom. The molecule has 0 radical (unpaired) electrons. The molecular weight excluding hydrogens is 358 g/mol. The molecule has 2 aromatic carbocycles. The molecule has 0 aliphatic rings. The number of carbonyl (C=O) groups excluding carboxylic acids is 3. The number of amides is 3. The Kier molecular flexibility index (Phi) is 6.57. The number of anilines is 1. The van der Waals surface area contributed by atoms with E-state index in [0.717, 1.165) is 5.56 Å². The average molecular weight is 376 g/mol. The third-order valence-electron chi connectivity index (χ3n) is 3.65. The fourth-order valence-electron chi connectivity index (χ4n) is 2.33. The van der Waals surface area contributed by atoms with Gasteiger partial charge in [-0.05, 0) is 23.8 Å². The van der Waals surface area contributed by atoms with Crippen LogP contribution in [-0.4, -0.2) is 31.6 Å². The van der Waals surface area contributed by atoms with E-state index in [1.165, 1.54) is 25.3 Å². The first-order chi connectivity index (χ1) is 12.4. The zero-order chi connectivity index (χ0) is 19.1. The lowest BCUT2D eigenvalue weighted by Crippen LogP contribution is -2.35. The molecule has 3 amide bonds. The Morgan fingerprint density at radius 2 is 1.85 bits per heavy atom. The van der Waals surface area contributed by atoms with Crippen LogP contribution in [-0.2, 0) is 9.53 Å². The van der Waals surface area contributed by atoms with Crippen molar-refractivity contribution >= 4 is 35.2 Å². The molecule has 136 valence electrons. The number of benzene rings is 2. The van der Waals surface area contributed by atoms with Gasteiger partial charge in [0.15, 0.2) is 0 Å². The van der Waals surface area contributed by atoms with Gasteiger partial charge in [-0.15, -0.1) is 0 Å². The molecule has 0 aromatic heterocycles. The number of primary amides is 1. The van der Waals surface area contributed by atoms with Gasteiger partial charge in [0.1, 0.15) is 0 Å². The van der Waals surface area contributed by atoms with Crippen molar-refractivity contribution in [2.75, 3.05) is 19.0 Å². The number of rotatable bonds is 6. The van der Waals surface area contributed by atoms with Gasteiger partial charge in [-0.25, -0.2) is 4.79 Å². The van der Waals surface area contributed by atoms with E-state index in [0.29, 0.717) is 5.69 Å². The van der Waals surface area contributed by atoms with Crippen molar-refractivity contribution in [1.29, 1.82) is 0 Å². The van der Waals surface area contributed by atoms with Crippen LogP contribution in [0.4, 0.5) is 10.5 Å². The molecular formula is C18H18ClN3O4. The molecule has 7 nitrogen and oxygen atoms in total. The molecule has 2 aromatic rings. The molecule has 0 heterocycles. The Morgan fingerprint density at radius 3 is 2.42 bits per heavy atom. The summed E-state index contributed by atoms with van der Waals surface area (Å²) in [5, 5.41) is 5.32. The van der Waals surface area contributed by atoms with Crippen LogP contribution in [0.3, 0.4) is 0 Å². The summed E-state index contributed by atoms with van der Waals surface area (Å²) in [6, 6.07) is 12.8. The lowest BCUT2D eigenvalue weighted by Gasteiger charge is -2.16. The molecule has 0 bridgehead atoms. The second kappa shape index (κ2) is 8.87. The van der Waals surface area contributed by atoms with E-state index in [1.807, 2.05) is 6.07 Å². The Balaban J connectivity index is 2.01. The quantitative estimate of drug-likeness (QED) is 0.673. The minimum Gasteiger partial charge on any atom is -0.468 e. The highest BCUT2D eigenvalue weighted by atomic mass is 35.5. The number of esters is 1. The number of nitrogens with two attached hydrogens (primary N) is 1. The lowest BCUT2D eigenvalue weighted by atomic mass is 9.99. The summed E-state index contributed by atoms with van der Waals surface area (Å²) in [5.74, 6) is -1.74. The number of halogens is 1. The monoisotopic (exact) mass is 375 g/mol. The van der Waals surface area contributed by atoms with Crippen molar-refractivity contribution in [3.8, 4) is 0 Å². The van der Waals surface area contributed by atoms with Gasteiger partial charge in [0.25, 0.3) is 0 Å². The van der Waals surface area contributed by atoms with E-state index in [4.69, 9.17) is 22.1 Å². The minimum atomic E-state index is -0.658. The molecule has 0 saturated carbocycles. The summed E-state index contributed by atoms with van der Waals surface area (Å²) in [4.78, 5) is 35.2. The first-order valence-corrected chi connectivity index (χ1v) is 8.07. The van der Waals surface area contributed by atoms with Crippen molar-refractivity contribution in [3.05, 3.63) is 64.7 Å². The van der Waals surface area contributed by atoms with Crippen LogP contribution in [0.2, 0.25) is 5.02 Å². The van der Waals surface area contributed by atoms with E-state index in [1.54, 1.807) is 24.3 Å². The summed E-state index contributed by atoms with van der Waals surface area (Å²) in [5.41, 5.74) is 6.45. The van der Waals surface area contributed by atoms with E-state index >= 15 is 0 Å². The summed E-state index contributed by atoms with van der Waals surface area (Å²) in [6.45, 7) is 0.0512. The normalized spacial score (nSPS) is 11.3. The summed E-state index contributed by atoms with van der Waals surface area (Å²) in [6.07, 6.45) is 0. The lowest BCUT2D eigenvalue weighted by molar-refractivity contribution is -0.142. The number of ether oxygens (including phenoxy) is 1. The van der Waals surface area contributed by atoms with Crippen molar-refractivity contribution in [1.82, 2.24) is 5.32 Å². The summed E-state index contributed by atoms with van der Waals surface area (Å²) < 4.78 is 4.80. The number of urea groups is 1. The van der Waals surface area contributed by atoms with Crippen molar-refractivity contribution in [2.45, 2.75) is 5.92 Å². The molecule has 2 rings (SSSR count). The zero-order valence-electron chi connectivity index (χ0n) is 14.0. The predicted octanol–water partition coefficient (Wildman–Crippen LogP) is 2.52. The molecule has 0 aliphatic heterocycles. The number of hydrogen-bond donors (Lipinski definition) is 3. The summed E-state index contributed by atoms with van der Waals surface area (Å²) >= 11 is 5.94. The Labute approximate surface area is 155 Å². The highest BCUT2D eigenvalue weighted by Crippen LogP contribution is 2.21. The maximum Gasteiger partial charge on any atom is 0.319 e. The Bertz CT molecular complexity index is 811. The molecule has 0 spiro atoms. The van der Waals surface area contributed by atoms with Crippen LogP contribution in [0.25, 0.3) is 0 Å². The van der Waals surface area contributed by atoms with E-state index < -0.39 is 23.8 Å². The highest BCUT2D eigenvalue weighted by molar-refractivity contribution is 6.34. The summed E-state index contributed by atoms with van der Waals surface area (Å²) in [7, 11) is 1.29. The zero-order valence-corrected chi connectivity index (χ0v) is 14.7. The van der Waals surface area contributed by atoms with Gasteiger partial charge < -0.3 is 21.1 Å². The largest absolute Gasteiger partial charge is 0.468 e. The van der Waals surface area contributed by atoms with Gasteiger partial charge >= 0.3 is 12.0 Å². The average Bonchev–Trinajstić information content (AvgIpc) is 2.62. The van der Waals surface area contributed by atoms with Gasteiger partial charge in [-0.3, -0.25) is 9.59 Å². The second-order valence-corrected chi connectivity index (χ2v) is 5.79. The van der Waals surface area contributed by atoms with Crippen molar-refractivity contribution in [2.24, 2.45) is 5.73 Å². The maximum absolute atomic E-state index is 12.1. The molecule has 26 heavy (non-hydrogen) atoms. The molecule has 0 saturated heterocycles. The van der Waals surface area contributed by atoms with Gasteiger partial charge in [-0.1, -0.05) is 41.9 Å². The standard InChI is InChI=1S/C18H18ClN3O4/c1-26-17(24)14(11-5-3-2-4-6-11)10-21-18(25)22-12-7-8-13(16(20)23)15(19)9-12/h2-9,14H,10H2,1H3,(H2,20,23)(H2,21,22,25)/t14-/m1/s1. The van der Waals surface area contributed by atoms with Crippen LogP contribution in [0.5, 0.6) is 0 Å². The smallest absolute Gasteiger partial charge is 0.319 e. The van der Waals surface area contributed by atoms with Crippen molar-refractivity contribution < 1.29 is 19.1 Å². The SMILES string of the molecule is COC(=O)[C@H](CNC(=O)Nc1ccc(C(N)=O)c(Cl)c1)c1ccccc1. The first-order valence-electron chi connectivity index (χ1n) is 7.69. The van der Waals surface area contributed by atoms with E-state index in [-0.39, 0.29) is 17.1 Å². The number of methoxy groups -OCH3 is 1. The molecule has 1 atom stereocenters. The molecule has 0 unspecified atom stereocenters. The molecule has 0 aliphatic carbocycles. The Hall–Kier alpha value is -3.06.